The van der Waals surface area contributed by atoms with Crippen LogP contribution >= 0.6 is 15.9 Å². The molecule has 0 unspecified atom stereocenters. The van der Waals surface area contributed by atoms with Gasteiger partial charge in [0.25, 0.3) is 10.0 Å². The van der Waals surface area contributed by atoms with E-state index in [-0.39, 0.29) is 23.8 Å². The van der Waals surface area contributed by atoms with Gasteiger partial charge in [-0.2, -0.15) is 0 Å². The molecule has 0 spiro atoms. The highest BCUT2D eigenvalue weighted by Gasteiger charge is 2.34. The molecule has 0 bridgehead atoms. The van der Waals surface area contributed by atoms with Gasteiger partial charge >= 0.3 is 0 Å². The first-order valence-electron chi connectivity index (χ1n) is 15.1. The summed E-state index contributed by atoms with van der Waals surface area (Å²) in [6.45, 7) is 6.02. The number of amides is 2. The molecule has 0 aliphatic rings. The molecule has 7 nitrogen and oxygen atoms in total. The second-order valence-electron chi connectivity index (χ2n) is 11.1. The van der Waals surface area contributed by atoms with Crippen molar-refractivity contribution in [2.24, 2.45) is 0 Å². The number of carbonyl (C=O) groups is 2. The quantitative estimate of drug-likeness (QED) is 0.147. The zero-order valence-corrected chi connectivity index (χ0v) is 28.4. The number of halogens is 1. The molecule has 0 saturated heterocycles. The number of hydrogen-bond acceptors (Lipinski definition) is 4. The van der Waals surface area contributed by atoms with Gasteiger partial charge in [0.2, 0.25) is 11.8 Å². The Kier molecular flexibility index (Phi) is 12.0. The van der Waals surface area contributed by atoms with Gasteiger partial charge in [0.15, 0.2) is 0 Å². The lowest BCUT2D eigenvalue weighted by atomic mass is 10.0. The van der Waals surface area contributed by atoms with Gasteiger partial charge in [-0.25, -0.2) is 8.42 Å². The van der Waals surface area contributed by atoms with E-state index < -0.39 is 28.5 Å². The Morgan fingerprint density at radius 3 is 2.22 bits per heavy atom. The molecule has 2 amide bonds. The summed E-state index contributed by atoms with van der Waals surface area (Å²) in [5, 5.41) is 3.02. The van der Waals surface area contributed by atoms with Crippen LogP contribution in [-0.2, 0) is 32.6 Å². The zero-order chi connectivity index (χ0) is 32.4. The highest BCUT2D eigenvalue weighted by Crippen LogP contribution is 2.28. The van der Waals surface area contributed by atoms with Crippen LogP contribution in [0.5, 0.6) is 0 Å². The summed E-state index contributed by atoms with van der Waals surface area (Å²) in [5.41, 5.74) is 3.99. The van der Waals surface area contributed by atoms with Crippen molar-refractivity contribution in [1.82, 2.24) is 10.2 Å². The van der Waals surface area contributed by atoms with Gasteiger partial charge in [0.1, 0.15) is 12.6 Å². The smallest absolute Gasteiger partial charge is 0.264 e. The minimum atomic E-state index is -4.16. The number of anilines is 1. The van der Waals surface area contributed by atoms with Crippen LogP contribution in [0.2, 0.25) is 0 Å². The highest BCUT2D eigenvalue weighted by atomic mass is 79.9. The van der Waals surface area contributed by atoms with Crippen molar-refractivity contribution in [2.75, 3.05) is 17.4 Å². The Bertz CT molecular complexity index is 1700. The van der Waals surface area contributed by atoms with Crippen molar-refractivity contribution < 1.29 is 18.0 Å². The lowest BCUT2D eigenvalue weighted by Crippen LogP contribution is -2.53. The first kappa shape index (κ1) is 33.9. The van der Waals surface area contributed by atoms with Gasteiger partial charge in [-0.15, -0.1) is 0 Å². The maximum Gasteiger partial charge on any atom is 0.264 e. The van der Waals surface area contributed by atoms with E-state index in [1.165, 1.54) is 4.90 Å². The standard InChI is InChI=1S/C36H40BrN3O4S/c1-4-5-22-38-36(42)34(23-29-13-7-6-8-14-29)39(25-30-15-10-9-12-28(30)3)35(41)26-40(32-17-11-16-31(37)24-32)45(43,44)33-20-18-27(2)19-21-33/h6-21,24,34H,4-5,22-23,25-26H2,1-3H3,(H,38,42)/t34-/m1/s1. The van der Waals surface area contributed by atoms with E-state index >= 15 is 0 Å². The number of sulfonamides is 1. The monoisotopic (exact) mass is 689 g/mol. The lowest BCUT2D eigenvalue weighted by Gasteiger charge is -2.34. The van der Waals surface area contributed by atoms with Crippen molar-refractivity contribution in [3.63, 3.8) is 0 Å². The second-order valence-corrected chi connectivity index (χ2v) is 13.9. The maximum absolute atomic E-state index is 14.6. The molecule has 0 heterocycles. The van der Waals surface area contributed by atoms with Crippen LogP contribution in [0.1, 0.15) is 42.0 Å². The SMILES string of the molecule is CCCCNC(=O)[C@@H](Cc1ccccc1)N(Cc1ccccc1C)C(=O)CN(c1cccc(Br)c1)S(=O)(=O)c1ccc(C)cc1. The summed E-state index contributed by atoms with van der Waals surface area (Å²) in [6.07, 6.45) is 1.99. The van der Waals surface area contributed by atoms with E-state index in [2.05, 4.69) is 21.2 Å². The van der Waals surface area contributed by atoms with E-state index in [4.69, 9.17) is 0 Å². The molecule has 45 heavy (non-hydrogen) atoms. The molecule has 0 aromatic heterocycles. The predicted octanol–water partition coefficient (Wildman–Crippen LogP) is 6.82. The van der Waals surface area contributed by atoms with Gasteiger partial charge in [0, 0.05) is 24.0 Å². The first-order valence-corrected chi connectivity index (χ1v) is 17.3. The molecule has 9 heteroatoms. The minimum absolute atomic E-state index is 0.0736. The van der Waals surface area contributed by atoms with Crippen molar-refractivity contribution in [3.05, 3.63) is 130 Å². The highest BCUT2D eigenvalue weighted by molar-refractivity contribution is 9.10. The van der Waals surface area contributed by atoms with Crippen molar-refractivity contribution in [3.8, 4) is 0 Å². The molecular weight excluding hydrogens is 650 g/mol. The average Bonchev–Trinajstić information content (AvgIpc) is 3.03. The zero-order valence-electron chi connectivity index (χ0n) is 25.9. The molecule has 1 N–H and O–H groups in total. The maximum atomic E-state index is 14.6. The number of nitrogens with one attached hydrogen (secondary N) is 1. The molecule has 0 aliphatic heterocycles. The fourth-order valence-electron chi connectivity index (χ4n) is 5.03. The van der Waals surface area contributed by atoms with Crippen LogP contribution < -0.4 is 9.62 Å². The van der Waals surface area contributed by atoms with Crippen LogP contribution in [0.4, 0.5) is 5.69 Å². The van der Waals surface area contributed by atoms with Gasteiger partial charge in [-0.05, 0) is 67.3 Å². The Labute approximate surface area is 275 Å². The van der Waals surface area contributed by atoms with Crippen LogP contribution in [0.15, 0.2) is 112 Å². The number of rotatable bonds is 14. The van der Waals surface area contributed by atoms with Gasteiger partial charge in [-0.1, -0.05) is 108 Å². The van der Waals surface area contributed by atoms with E-state index in [1.54, 1.807) is 48.5 Å². The van der Waals surface area contributed by atoms with Crippen LogP contribution in [-0.4, -0.2) is 44.3 Å². The lowest BCUT2D eigenvalue weighted by molar-refractivity contribution is -0.140. The van der Waals surface area contributed by atoms with Crippen molar-refractivity contribution in [1.29, 1.82) is 0 Å². The summed E-state index contributed by atoms with van der Waals surface area (Å²) in [4.78, 5) is 30.0. The molecule has 0 aliphatic carbocycles. The van der Waals surface area contributed by atoms with Crippen molar-refractivity contribution in [2.45, 2.75) is 57.5 Å². The fourth-order valence-corrected chi connectivity index (χ4v) is 6.82. The Morgan fingerprint density at radius 1 is 0.867 bits per heavy atom. The number of nitrogens with zero attached hydrogens (tertiary/aromatic N) is 2. The summed E-state index contributed by atoms with van der Waals surface area (Å²) >= 11 is 3.45. The number of carbonyl (C=O) groups excluding carboxylic acids is 2. The minimum Gasteiger partial charge on any atom is -0.354 e. The number of benzene rings is 4. The number of unbranched alkanes of at least 4 members (excludes halogenated alkanes) is 1. The summed E-state index contributed by atoms with van der Waals surface area (Å²) in [6, 6.07) is 29.8. The van der Waals surface area contributed by atoms with Gasteiger partial charge in [-0.3, -0.25) is 13.9 Å². The third kappa shape index (κ3) is 9.05. The summed E-state index contributed by atoms with van der Waals surface area (Å²) in [5.74, 6) is -0.759. The van der Waals surface area contributed by atoms with Gasteiger partial charge in [0.05, 0.1) is 10.6 Å². The fraction of sp³-hybridized carbons (Fsp3) is 0.278. The largest absolute Gasteiger partial charge is 0.354 e. The number of hydrogen-bond donors (Lipinski definition) is 1. The third-order valence-corrected chi connectivity index (χ3v) is 9.97. The second kappa shape index (κ2) is 15.9. The van der Waals surface area contributed by atoms with Crippen molar-refractivity contribution >= 4 is 43.5 Å². The first-order chi connectivity index (χ1) is 21.6. The third-order valence-electron chi connectivity index (χ3n) is 7.69. The molecule has 236 valence electrons. The molecule has 0 saturated carbocycles. The molecule has 0 radical (unpaired) electrons. The Morgan fingerprint density at radius 2 is 1.56 bits per heavy atom. The average molecular weight is 691 g/mol. The Hall–Kier alpha value is -3.95. The van der Waals surface area contributed by atoms with Crippen LogP contribution in [0, 0.1) is 13.8 Å². The summed E-state index contributed by atoms with van der Waals surface area (Å²) < 4.78 is 30.1. The molecule has 4 rings (SSSR count). The summed E-state index contributed by atoms with van der Waals surface area (Å²) in [7, 11) is -4.16. The topological polar surface area (TPSA) is 86.8 Å². The molecule has 4 aromatic rings. The van der Waals surface area contributed by atoms with E-state index in [9.17, 15) is 18.0 Å². The van der Waals surface area contributed by atoms with E-state index in [0.29, 0.717) is 16.7 Å². The molecular formula is C36H40BrN3O4S. The predicted molar refractivity (Wildman–Crippen MR) is 183 cm³/mol. The van der Waals surface area contributed by atoms with E-state index in [1.807, 2.05) is 75.4 Å². The molecule has 0 fully saturated rings. The molecule has 4 aromatic carbocycles. The normalized spacial score (nSPS) is 11.9. The molecule has 1 atom stereocenters. The van der Waals surface area contributed by atoms with Crippen LogP contribution in [0.25, 0.3) is 0 Å². The van der Waals surface area contributed by atoms with Crippen LogP contribution in [0.3, 0.4) is 0 Å². The Balaban J connectivity index is 1.80. The van der Waals surface area contributed by atoms with E-state index in [0.717, 1.165) is 39.4 Å². The number of aryl methyl sites for hydroxylation is 2. The van der Waals surface area contributed by atoms with Gasteiger partial charge < -0.3 is 10.2 Å².